The fourth-order valence-corrected chi connectivity index (χ4v) is 2.70. The highest BCUT2D eigenvalue weighted by Gasteiger charge is 2.06. The number of benzene rings is 2. The minimum Gasteiger partial charge on any atom is -0.368 e. The van der Waals surface area contributed by atoms with Crippen LogP contribution in [0.25, 0.3) is 10.8 Å². The lowest BCUT2D eigenvalue weighted by atomic mass is 10.1. The zero-order valence-corrected chi connectivity index (χ0v) is 15.0. The maximum atomic E-state index is 12.3. The summed E-state index contributed by atoms with van der Waals surface area (Å²) in [5, 5.41) is 11.4. The fourth-order valence-electron chi connectivity index (χ4n) is 2.70. The van der Waals surface area contributed by atoms with E-state index in [2.05, 4.69) is 25.9 Å². The van der Waals surface area contributed by atoms with E-state index in [4.69, 9.17) is 0 Å². The molecule has 134 valence electrons. The molecule has 0 aliphatic carbocycles. The van der Waals surface area contributed by atoms with Gasteiger partial charge in [0.25, 0.3) is 5.91 Å². The van der Waals surface area contributed by atoms with Crippen molar-refractivity contribution < 1.29 is 4.79 Å². The van der Waals surface area contributed by atoms with Crippen LogP contribution < -0.4 is 16.0 Å². The summed E-state index contributed by atoms with van der Waals surface area (Å²) in [6, 6.07) is 15.6. The van der Waals surface area contributed by atoms with Gasteiger partial charge in [-0.2, -0.15) is 4.98 Å². The summed E-state index contributed by atoms with van der Waals surface area (Å²) < 4.78 is 0. The van der Waals surface area contributed by atoms with E-state index >= 15 is 0 Å². The average molecular weight is 349 g/mol. The van der Waals surface area contributed by atoms with E-state index < -0.39 is 0 Å². The van der Waals surface area contributed by atoms with Crippen LogP contribution in [-0.2, 0) is 0 Å². The average Bonchev–Trinajstić information content (AvgIpc) is 2.64. The first-order valence-electron chi connectivity index (χ1n) is 8.76. The third-order valence-corrected chi connectivity index (χ3v) is 3.92. The first kappa shape index (κ1) is 17.7. The van der Waals surface area contributed by atoms with E-state index in [-0.39, 0.29) is 5.91 Å². The molecule has 0 radical (unpaired) electrons. The topological polar surface area (TPSA) is 78.9 Å². The Balaban J connectivity index is 1.53. The number of hydrogen-bond acceptors (Lipinski definition) is 5. The predicted molar refractivity (Wildman–Crippen MR) is 106 cm³/mol. The van der Waals surface area contributed by atoms with E-state index in [9.17, 15) is 4.79 Å². The van der Waals surface area contributed by atoms with Crippen molar-refractivity contribution in [1.29, 1.82) is 0 Å². The van der Waals surface area contributed by atoms with Crippen LogP contribution in [0.1, 0.15) is 23.0 Å². The zero-order valence-electron chi connectivity index (χ0n) is 15.0. The molecule has 3 aromatic rings. The molecule has 0 bridgehead atoms. The molecule has 0 saturated carbocycles. The molecule has 0 saturated heterocycles. The van der Waals surface area contributed by atoms with Crippen molar-refractivity contribution in [2.75, 3.05) is 30.3 Å². The first-order chi connectivity index (χ1) is 12.7. The summed E-state index contributed by atoms with van der Waals surface area (Å²) in [7, 11) is 0. The van der Waals surface area contributed by atoms with Gasteiger partial charge in [0.2, 0.25) is 5.95 Å². The number of anilines is 2. The smallest absolute Gasteiger partial charge is 0.251 e. The van der Waals surface area contributed by atoms with Crippen LogP contribution in [-0.4, -0.2) is 35.5 Å². The molecular weight excluding hydrogens is 326 g/mol. The Labute approximate surface area is 153 Å². The summed E-state index contributed by atoms with van der Waals surface area (Å²) >= 11 is 0. The van der Waals surface area contributed by atoms with Gasteiger partial charge in [0, 0.05) is 37.0 Å². The third-order valence-electron chi connectivity index (χ3n) is 3.92. The van der Waals surface area contributed by atoms with Gasteiger partial charge in [0.1, 0.15) is 5.82 Å². The molecule has 0 aliphatic rings. The lowest BCUT2D eigenvalue weighted by molar-refractivity contribution is 0.0955. The molecule has 0 unspecified atom stereocenters. The highest BCUT2D eigenvalue weighted by molar-refractivity contribution is 5.98. The standard InChI is InChI=1S/C20H23N5O/c1-3-21-20-24-14(2)12-18(25-20)22-10-11-23-19(26)17-9-8-15-6-4-5-7-16(15)13-17/h4-9,12-13H,3,10-11H2,1-2H3,(H,23,26)(H2,21,22,24,25). The summed E-state index contributed by atoms with van der Waals surface area (Å²) in [6.45, 7) is 5.79. The van der Waals surface area contributed by atoms with Crippen molar-refractivity contribution in [1.82, 2.24) is 15.3 Å². The Morgan fingerprint density at radius 3 is 2.58 bits per heavy atom. The Hall–Kier alpha value is -3.15. The van der Waals surface area contributed by atoms with Gasteiger partial charge in [-0.1, -0.05) is 30.3 Å². The zero-order chi connectivity index (χ0) is 18.4. The van der Waals surface area contributed by atoms with Crippen molar-refractivity contribution in [3.63, 3.8) is 0 Å². The maximum absolute atomic E-state index is 12.3. The summed E-state index contributed by atoms with van der Waals surface area (Å²) in [5.41, 5.74) is 1.55. The number of aromatic nitrogens is 2. The van der Waals surface area contributed by atoms with Gasteiger partial charge in [-0.25, -0.2) is 4.98 Å². The van der Waals surface area contributed by atoms with Crippen molar-refractivity contribution in [3.8, 4) is 0 Å². The van der Waals surface area contributed by atoms with Crippen LogP contribution >= 0.6 is 0 Å². The normalized spacial score (nSPS) is 10.5. The molecule has 3 N–H and O–H groups in total. The van der Waals surface area contributed by atoms with Gasteiger partial charge in [-0.15, -0.1) is 0 Å². The van der Waals surface area contributed by atoms with Gasteiger partial charge in [-0.3, -0.25) is 4.79 Å². The van der Waals surface area contributed by atoms with Crippen molar-refractivity contribution in [3.05, 3.63) is 59.8 Å². The van der Waals surface area contributed by atoms with Crippen LogP contribution in [0.4, 0.5) is 11.8 Å². The van der Waals surface area contributed by atoms with Crippen LogP contribution in [0.3, 0.4) is 0 Å². The van der Waals surface area contributed by atoms with Crippen molar-refractivity contribution in [2.45, 2.75) is 13.8 Å². The first-order valence-corrected chi connectivity index (χ1v) is 8.76. The quantitative estimate of drug-likeness (QED) is 0.571. The molecule has 1 amide bonds. The highest BCUT2D eigenvalue weighted by Crippen LogP contribution is 2.15. The molecule has 3 rings (SSSR count). The molecular formula is C20H23N5O. The van der Waals surface area contributed by atoms with Crippen LogP contribution in [0.5, 0.6) is 0 Å². The van der Waals surface area contributed by atoms with E-state index in [1.807, 2.05) is 62.4 Å². The van der Waals surface area contributed by atoms with Gasteiger partial charge < -0.3 is 16.0 Å². The van der Waals surface area contributed by atoms with E-state index in [1.165, 1.54) is 0 Å². The van der Waals surface area contributed by atoms with Gasteiger partial charge in [-0.05, 0) is 36.8 Å². The molecule has 6 nitrogen and oxygen atoms in total. The number of nitrogens with one attached hydrogen (secondary N) is 3. The molecule has 0 atom stereocenters. The lowest BCUT2D eigenvalue weighted by Crippen LogP contribution is -2.28. The molecule has 0 spiro atoms. The van der Waals surface area contributed by atoms with Gasteiger partial charge in [0.05, 0.1) is 0 Å². The number of aryl methyl sites for hydroxylation is 1. The second-order valence-electron chi connectivity index (χ2n) is 5.99. The lowest BCUT2D eigenvalue weighted by Gasteiger charge is -2.10. The number of carbonyl (C=O) groups is 1. The Bertz CT molecular complexity index is 910. The van der Waals surface area contributed by atoms with Crippen molar-refractivity contribution >= 4 is 28.4 Å². The molecule has 2 aromatic carbocycles. The number of carbonyl (C=O) groups excluding carboxylic acids is 1. The summed E-state index contributed by atoms with van der Waals surface area (Å²) in [6.07, 6.45) is 0. The molecule has 1 aromatic heterocycles. The van der Waals surface area contributed by atoms with E-state index in [0.717, 1.165) is 28.8 Å². The number of rotatable bonds is 7. The second-order valence-corrected chi connectivity index (χ2v) is 5.99. The number of fused-ring (bicyclic) bond motifs is 1. The molecule has 0 aliphatic heterocycles. The summed E-state index contributed by atoms with van der Waals surface area (Å²) in [4.78, 5) is 21.0. The molecule has 0 fully saturated rings. The van der Waals surface area contributed by atoms with Crippen molar-refractivity contribution in [2.24, 2.45) is 0 Å². The number of nitrogens with zero attached hydrogens (tertiary/aromatic N) is 2. The molecule has 1 heterocycles. The van der Waals surface area contributed by atoms with Crippen LogP contribution in [0.15, 0.2) is 48.5 Å². The largest absolute Gasteiger partial charge is 0.368 e. The Kier molecular flexibility index (Phi) is 5.63. The molecule has 6 heteroatoms. The van der Waals surface area contributed by atoms with Gasteiger partial charge in [0.15, 0.2) is 0 Å². The summed E-state index contributed by atoms with van der Waals surface area (Å²) in [5.74, 6) is 1.27. The Morgan fingerprint density at radius 2 is 1.77 bits per heavy atom. The highest BCUT2D eigenvalue weighted by atomic mass is 16.1. The van der Waals surface area contributed by atoms with Crippen LogP contribution in [0, 0.1) is 6.92 Å². The minimum atomic E-state index is -0.0789. The fraction of sp³-hybridized carbons (Fsp3) is 0.250. The number of amides is 1. The number of hydrogen-bond donors (Lipinski definition) is 3. The predicted octanol–water partition coefficient (Wildman–Crippen LogP) is 3.21. The maximum Gasteiger partial charge on any atom is 0.251 e. The SMILES string of the molecule is CCNc1nc(C)cc(NCCNC(=O)c2ccc3ccccc3c2)n1. The third kappa shape index (κ3) is 4.47. The molecule has 26 heavy (non-hydrogen) atoms. The van der Waals surface area contributed by atoms with E-state index in [1.54, 1.807) is 0 Å². The van der Waals surface area contributed by atoms with E-state index in [0.29, 0.717) is 24.6 Å². The monoisotopic (exact) mass is 349 g/mol. The van der Waals surface area contributed by atoms with Crippen LogP contribution in [0.2, 0.25) is 0 Å². The van der Waals surface area contributed by atoms with Gasteiger partial charge >= 0.3 is 0 Å². The minimum absolute atomic E-state index is 0.0789. The second kappa shape index (κ2) is 8.29. The Morgan fingerprint density at radius 1 is 0.962 bits per heavy atom.